The molecule has 0 saturated heterocycles. The van der Waals surface area contributed by atoms with E-state index in [0.29, 0.717) is 0 Å². The predicted octanol–water partition coefficient (Wildman–Crippen LogP) is 1.69. The van der Waals surface area contributed by atoms with E-state index in [2.05, 4.69) is 0 Å². The summed E-state index contributed by atoms with van der Waals surface area (Å²) in [6.45, 7) is 0.223. The topological polar surface area (TPSA) is 33.4 Å². The van der Waals surface area contributed by atoms with Crippen LogP contribution in [0.2, 0.25) is 0 Å². The van der Waals surface area contributed by atoms with Gasteiger partial charge < -0.3 is 9.52 Å². The smallest absolute Gasteiger partial charge is 0.112 e. The van der Waals surface area contributed by atoms with Gasteiger partial charge in [-0.25, -0.2) is 0 Å². The van der Waals surface area contributed by atoms with Gasteiger partial charge in [0.1, 0.15) is 5.76 Å². The standard InChI is InChI=1S/C9H12O2/c10-6-8-3-1-2-7-4-5-11-9(7)8/h4-5,8,10H,1-3,6H2. The highest BCUT2D eigenvalue weighted by atomic mass is 16.3. The van der Waals surface area contributed by atoms with E-state index in [4.69, 9.17) is 9.52 Å². The van der Waals surface area contributed by atoms with E-state index in [-0.39, 0.29) is 12.5 Å². The molecule has 1 aromatic heterocycles. The van der Waals surface area contributed by atoms with Gasteiger partial charge >= 0.3 is 0 Å². The Bertz CT molecular complexity index is 239. The first-order valence-corrected chi connectivity index (χ1v) is 4.09. The van der Waals surface area contributed by atoms with Crippen molar-refractivity contribution in [3.63, 3.8) is 0 Å². The monoisotopic (exact) mass is 152 g/mol. The summed E-state index contributed by atoms with van der Waals surface area (Å²) in [5, 5.41) is 9.00. The van der Waals surface area contributed by atoms with E-state index in [1.165, 1.54) is 12.0 Å². The number of hydrogen-bond donors (Lipinski definition) is 1. The number of hydrogen-bond acceptors (Lipinski definition) is 2. The van der Waals surface area contributed by atoms with Gasteiger partial charge in [-0.2, -0.15) is 0 Å². The Hall–Kier alpha value is -0.760. The lowest BCUT2D eigenvalue weighted by Crippen LogP contribution is -2.10. The number of aliphatic hydroxyl groups excluding tert-OH is 1. The summed E-state index contributed by atoms with van der Waals surface area (Å²) in [5.74, 6) is 1.27. The Labute approximate surface area is 65.8 Å². The van der Waals surface area contributed by atoms with Gasteiger partial charge in [0.15, 0.2) is 0 Å². The molecule has 60 valence electrons. The largest absolute Gasteiger partial charge is 0.469 e. The molecule has 0 spiro atoms. The fourth-order valence-electron chi connectivity index (χ4n) is 1.76. The summed E-state index contributed by atoms with van der Waals surface area (Å²) in [5.41, 5.74) is 1.29. The molecule has 11 heavy (non-hydrogen) atoms. The first-order chi connectivity index (χ1) is 5.42. The van der Waals surface area contributed by atoms with Gasteiger partial charge in [0.2, 0.25) is 0 Å². The molecule has 1 atom stereocenters. The average Bonchev–Trinajstić information content (AvgIpc) is 2.50. The van der Waals surface area contributed by atoms with Crippen LogP contribution in [0.4, 0.5) is 0 Å². The second kappa shape index (κ2) is 2.70. The zero-order valence-electron chi connectivity index (χ0n) is 6.42. The Morgan fingerprint density at radius 2 is 2.55 bits per heavy atom. The predicted molar refractivity (Wildman–Crippen MR) is 41.5 cm³/mol. The van der Waals surface area contributed by atoms with E-state index < -0.39 is 0 Å². The van der Waals surface area contributed by atoms with Gasteiger partial charge in [0.05, 0.1) is 12.9 Å². The minimum absolute atomic E-state index is 0.223. The van der Waals surface area contributed by atoms with Crippen molar-refractivity contribution in [1.82, 2.24) is 0 Å². The number of rotatable bonds is 1. The van der Waals surface area contributed by atoms with Crippen LogP contribution in [-0.4, -0.2) is 11.7 Å². The molecule has 2 rings (SSSR count). The van der Waals surface area contributed by atoms with Crippen LogP contribution in [0.15, 0.2) is 16.7 Å². The Balaban J connectivity index is 2.32. The fourth-order valence-corrected chi connectivity index (χ4v) is 1.76. The minimum atomic E-state index is 0.223. The maximum absolute atomic E-state index is 9.00. The third kappa shape index (κ3) is 1.07. The second-order valence-corrected chi connectivity index (χ2v) is 3.08. The molecule has 1 aliphatic rings. The highest BCUT2D eigenvalue weighted by Gasteiger charge is 2.21. The van der Waals surface area contributed by atoms with Crippen molar-refractivity contribution in [2.24, 2.45) is 0 Å². The maximum atomic E-state index is 9.00. The third-order valence-electron chi connectivity index (χ3n) is 2.37. The summed E-state index contributed by atoms with van der Waals surface area (Å²) in [7, 11) is 0. The SMILES string of the molecule is OCC1CCCc2ccoc21. The fraction of sp³-hybridized carbons (Fsp3) is 0.556. The lowest BCUT2D eigenvalue weighted by molar-refractivity contribution is 0.234. The van der Waals surface area contributed by atoms with Crippen LogP contribution in [0.5, 0.6) is 0 Å². The van der Waals surface area contributed by atoms with Crippen molar-refractivity contribution >= 4 is 0 Å². The first kappa shape index (κ1) is 6.92. The van der Waals surface area contributed by atoms with Gasteiger partial charge in [-0.15, -0.1) is 0 Å². The molecule has 1 aliphatic carbocycles. The number of aliphatic hydroxyl groups is 1. The Morgan fingerprint density at radius 1 is 1.64 bits per heavy atom. The lowest BCUT2D eigenvalue weighted by Gasteiger charge is -2.18. The molecule has 2 heteroatoms. The molecule has 0 fully saturated rings. The Kier molecular flexibility index (Phi) is 1.70. The average molecular weight is 152 g/mol. The van der Waals surface area contributed by atoms with Crippen LogP contribution in [0.25, 0.3) is 0 Å². The molecule has 1 N–H and O–H groups in total. The number of fused-ring (bicyclic) bond motifs is 1. The molecule has 0 aliphatic heterocycles. The van der Waals surface area contributed by atoms with Gasteiger partial charge in [-0.1, -0.05) is 0 Å². The molecule has 0 saturated carbocycles. The summed E-state index contributed by atoms with van der Waals surface area (Å²) >= 11 is 0. The molecule has 2 nitrogen and oxygen atoms in total. The first-order valence-electron chi connectivity index (χ1n) is 4.09. The Morgan fingerprint density at radius 3 is 3.36 bits per heavy atom. The summed E-state index contributed by atoms with van der Waals surface area (Å²) in [6.07, 6.45) is 5.08. The lowest BCUT2D eigenvalue weighted by atomic mass is 9.89. The van der Waals surface area contributed by atoms with Crippen molar-refractivity contribution in [2.75, 3.05) is 6.61 Å². The quantitative estimate of drug-likeness (QED) is 0.664. The summed E-state index contributed by atoms with van der Waals surface area (Å²) < 4.78 is 5.30. The van der Waals surface area contributed by atoms with Crippen LogP contribution in [0, 0.1) is 0 Å². The zero-order valence-corrected chi connectivity index (χ0v) is 6.42. The highest BCUT2D eigenvalue weighted by molar-refractivity contribution is 5.23. The van der Waals surface area contributed by atoms with Crippen LogP contribution in [0.3, 0.4) is 0 Å². The summed E-state index contributed by atoms with van der Waals surface area (Å²) in [6, 6.07) is 2.01. The zero-order chi connectivity index (χ0) is 7.68. The maximum Gasteiger partial charge on any atom is 0.112 e. The van der Waals surface area contributed by atoms with Crippen LogP contribution in [0.1, 0.15) is 30.1 Å². The van der Waals surface area contributed by atoms with Crippen molar-refractivity contribution in [3.8, 4) is 0 Å². The molecular formula is C9H12O2. The van der Waals surface area contributed by atoms with E-state index >= 15 is 0 Å². The highest BCUT2D eigenvalue weighted by Crippen LogP contribution is 2.31. The van der Waals surface area contributed by atoms with Crippen molar-refractivity contribution in [1.29, 1.82) is 0 Å². The third-order valence-corrected chi connectivity index (χ3v) is 2.37. The van der Waals surface area contributed by atoms with Gasteiger partial charge in [-0.3, -0.25) is 0 Å². The normalized spacial score (nSPS) is 23.2. The molecule has 1 unspecified atom stereocenters. The molecule has 1 aromatic rings. The van der Waals surface area contributed by atoms with E-state index in [0.717, 1.165) is 18.6 Å². The molecule has 0 amide bonds. The molecule has 0 radical (unpaired) electrons. The second-order valence-electron chi connectivity index (χ2n) is 3.08. The van der Waals surface area contributed by atoms with E-state index in [1.54, 1.807) is 6.26 Å². The number of furan rings is 1. The van der Waals surface area contributed by atoms with Crippen LogP contribution in [-0.2, 0) is 6.42 Å². The molecule has 0 aromatic carbocycles. The van der Waals surface area contributed by atoms with Crippen molar-refractivity contribution in [2.45, 2.75) is 25.2 Å². The molecule has 1 heterocycles. The number of aryl methyl sites for hydroxylation is 1. The molecular weight excluding hydrogens is 140 g/mol. The minimum Gasteiger partial charge on any atom is -0.469 e. The van der Waals surface area contributed by atoms with Crippen molar-refractivity contribution < 1.29 is 9.52 Å². The van der Waals surface area contributed by atoms with Crippen LogP contribution >= 0.6 is 0 Å². The van der Waals surface area contributed by atoms with Gasteiger partial charge in [0.25, 0.3) is 0 Å². The molecule has 0 bridgehead atoms. The van der Waals surface area contributed by atoms with Crippen molar-refractivity contribution in [3.05, 3.63) is 23.7 Å². The van der Waals surface area contributed by atoms with Gasteiger partial charge in [0, 0.05) is 5.92 Å². The summed E-state index contributed by atoms with van der Waals surface area (Å²) in [4.78, 5) is 0. The van der Waals surface area contributed by atoms with E-state index in [1.807, 2.05) is 6.07 Å². The van der Waals surface area contributed by atoms with E-state index in [9.17, 15) is 0 Å². The van der Waals surface area contributed by atoms with Gasteiger partial charge in [-0.05, 0) is 30.9 Å². The van der Waals surface area contributed by atoms with Crippen LogP contribution < -0.4 is 0 Å².